The van der Waals surface area contributed by atoms with E-state index in [1.54, 1.807) is 13.8 Å². The van der Waals surface area contributed by atoms with E-state index >= 15 is 0 Å². The first kappa shape index (κ1) is 18.4. The summed E-state index contributed by atoms with van der Waals surface area (Å²) in [5.74, 6) is -0.596. The summed E-state index contributed by atoms with van der Waals surface area (Å²) >= 11 is 0. The van der Waals surface area contributed by atoms with E-state index in [1.807, 2.05) is 31.2 Å². The normalized spacial score (nSPS) is 10.4. The van der Waals surface area contributed by atoms with Gasteiger partial charge in [-0.05, 0) is 31.9 Å². The van der Waals surface area contributed by atoms with Crippen LogP contribution >= 0.6 is 0 Å². The molecule has 0 bridgehead atoms. The molecule has 0 aliphatic heterocycles. The molecule has 0 saturated heterocycles. The first-order valence-electron chi connectivity index (χ1n) is 8.11. The summed E-state index contributed by atoms with van der Waals surface area (Å²) < 4.78 is 0. The van der Waals surface area contributed by atoms with Gasteiger partial charge in [-0.2, -0.15) is 4.98 Å². The van der Waals surface area contributed by atoms with Crippen molar-refractivity contribution in [2.75, 3.05) is 11.9 Å². The lowest BCUT2D eigenvalue weighted by molar-refractivity contribution is -0.123. The van der Waals surface area contributed by atoms with Gasteiger partial charge in [0.2, 0.25) is 11.8 Å². The maximum Gasteiger partial charge on any atom is 0.345 e. The van der Waals surface area contributed by atoms with Gasteiger partial charge in [0.25, 0.3) is 0 Å². The lowest BCUT2D eigenvalue weighted by Crippen LogP contribution is -2.34. The minimum Gasteiger partial charge on any atom is -0.347 e. The van der Waals surface area contributed by atoms with E-state index in [9.17, 15) is 14.4 Å². The molecule has 0 fully saturated rings. The highest BCUT2D eigenvalue weighted by atomic mass is 16.2. The van der Waals surface area contributed by atoms with E-state index < -0.39 is 5.69 Å². The molecule has 0 saturated carbocycles. The molecule has 0 spiro atoms. The molecule has 0 aliphatic carbocycles. The number of aryl methyl sites for hydroxylation is 3. The molecule has 1 aromatic carbocycles. The fraction of sp³-hybridized carbons (Fsp3) is 0.333. The van der Waals surface area contributed by atoms with Crippen LogP contribution in [0.1, 0.15) is 29.4 Å². The molecule has 2 rings (SSSR count). The van der Waals surface area contributed by atoms with E-state index in [-0.39, 0.29) is 24.8 Å². The molecule has 132 valence electrons. The fourth-order valence-electron chi connectivity index (χ4n) is 2.56. The van der Waals surface area contributed by atoms with Crippen molar-refractivity contribution < 1.29 is 9.59 Å². The number of H-pyrrole nitrogens is 1. The number of carbonyl (C=O) groups excluding carboxylic acids is 2. The summed E-state index contributed by atoms with van der Waals surface area (Å²) in [6, 6.07) is 7.54. The third-order valence-corrected chi connectivity index (χ3v) is 3.91. The molecular formula is C18H22N4O3. The standard InChI is InChI=1S/C18H22N4O3/c1-4-13-7-5-6-8-15(13)22-17(24)10-19-16(23)9-14-11(2)20-18(25)21-12(14)3/h5-8H,4,9-10H2,1-3H3,(H,19,23)(H,22,24)(H,20,21,25). The Hall–Kier alpha value is -2.96. The number of hydrogen-bond donors (Lipinski definition) is 3. The van der Waals surface area contributed by atoms with Crippen molar-refractivity contribution >= 4 is 17.5 Å². The van der Waals surface area contributed by atoms with Gasteiger partial charge in [-0.1, -0.05) is 25.1 Å². The highest BCUT2D eigenvalue weighted by Gasteiger charge is 2.12. The summed E-state index contributed by atoms with van der Waals surface area (Å²) in [5, 5.41) is 5.38. The maximum atomic E-state index is 12.1. The van der Waals surface area contributed by atoms with Gasteiger partial charge in [-0.25, -0.2) is 4.79 Å². The quantitative estimate of drug-likeness (QED) is 0.735. The third kappa shape index (κ3) is 5.00. The predicted molar refractivity (Wildman–Crippen MR) is 95.5 cm³/mol. The number of anilines is 1. The zero-order valence-electron chi connectivity index (χ0n) is 14.6. The van der Waals surface area contributed by atoms with Crippen LogP contribution in [0.15, 0.2) is 29.1 Å². The Morgan fingerprint density at radius 2 is 1.88 bits per heavy atom. The molecular weight excluding hydrogens is 320 g/mol. The molecule has 1 heterocycles. The summed E-state index contributed by atoms with van der Waals surface area (Å²) in [7, 11) is 0. The van der Waals surface area contributed by atoms with Crippen LogP contribution in [-0.4, -0.2) is 28.3 Å². The first-order chi connectivity index (χ1) is 11.9. The molecule has 0 aliphatic rings. The van der Waals surface area contributed by atoms with Gasteiger partial charge >= 0.3 is 5.69 Å². The summed E-state index contributed by atoms with van der Waals surface area (Å²) in [6.07, 6.45) is 0.862. The number of aromatic nitrogens is 2. The average Bonchev–Trinajstić information content (AvgIpc) is 2.56. The van der Waals surface area contributed by atoms with Crippen molar-refractivity contribution in [3.63, 3.8) is 0 Å². The number of benzene rings is 1. The van der Waals surface area contributed by atoms with Gasteiger partial charge < -0.3 is 15.6 Å². The van der Waals surface area contributed by atoms with Crippen molar-refractivity contribution in [3.05, 3.63) is 57.3 Å². The van der Waals surface area contributed by atoms with Gasteiger partial charge in [-0.3, -0.25) is 9.59 Å². The van der Waals surface area contributed by atoms with Crippen LogP contribution in [0.3, 0.4) is 0 Å². The molecule has 1 aromatic heterocycles. The van der Waals surface area contributed by atoms with Crippen molar-refractivity contribution in [3.8, 4) is 0 Å². The first-order valence-corrected chi connectivity index (χ1v) is 8.11. The van der Waals surface area contributed by atoms with Crippen molar-refractivity contribution in [2.45, 2.75) is 33.6 Å². The molecule has 2 aromatic rings. The number of amides is 2. The summed E-state index contributed by atoms with van der Waals surface area (Å²) in [5.41, 5.74) is 3.13. The van der Waals surface area contributed by atoms with Crippen molar-refractivity contribution in [1.82, 2.24) is 15.3 Å². The van der Waals surface area contributed by atoms with Crippen molar-refractivity contribution in [1.29, 1.82) is 0 Å². The number of nitrogens with zero attached hydrogens (tertiary/aromatic N) is 1. The molecule has 2 amide bonds. The van der Waals surface area contributed by atoms with E-state index in [0.29, 0.717) is 17.0 Å². The minimum atomic E-state index is -0.437. The van der Waals surface area contributed by atoms with Crippen LogP contribution < -0.4 is 16.3 Å². The number of para-hydroxylation sites is 1. The molecule has 0 radical (unpaired) electrons. The van der Waals surface area contributed by atoms with Crippen LogP contribution in [-0.2, 0) is 22.4 Å². The Balaban J connectivity index is 1.92. The number of carbonyl (C=O) groups is 2. The SMILES string of the molecule is CCc1ccccc1NC(=O)CNC(=O)Cc1c(C)nc(=O)[nH]c1C. The number of aromatic amines is 1. The topological polar surface area (TPSA) is 104 Å². The highest BCUT2D eigenvalue weighted by Crippen LogP contribution is 2.15. The van der Waals surface area contributed by atoms with Crippen LogP contribution in [0.2, 0.25) is 0 Å². The Morgan fingerprint density at radius 1 is 1.16 bits per heavy atom. The van der Waals surface area contributed by atoms with Gasteiger partial charge in [0.05, 0.1) is 13.0 Å². The predicted octanol–water partition coefficient (Wildman–Crippen LogP) is 1.25. The van der Waals surface area contributed by atoms with E-state index in [2.05, 4.69) is 20.6 Å². The van der Waals surface area contributed by atoms with Crippen LogP contribution in [0.5, 0.6) is 0 Å². The molecule has 3 N–H and O–H groups in total. The smallest absolute Gasteiger partial charge is 0.345 e. The van der Waals surface area contributed by atoms with Gasteiger partial charge in [0.15, 0.2) is 0 Å². The van der Waals surface area contributed by atoms with Crippen molar-refractivity contribution in [2.24, 2.45) is 0 Å². The lowest BCUT2D eigenvalue weighted by Gasteiger charge is -2.11. The second-order valence-electron chi connectivity index (χ2n) is 5.74. The largest absolute Gasteiger partial charge is 0.347 e. The zero-order valence-corrected chi connectivity index (χ0v) is 14.6. The van der Waals surface area contributed by atoms with E-state index in [1.165, 1.54) is 0 Å². The summed E-state index contributed by atoms with van der Waals surface area (Å²) in [4.78, 5) is 41.7. The lowest BCUT2D eigenvalue weighted by atomic mass is 10.1. The minimum absolute atomic E-state index is 0.0558. The Morgan fingerprint density at radius 3 is 2.56 bits per heavy atom. The zero-order chi connectivity index (χ0) is 18.4. The Kier molecular flexibility index (Phi) is 6.05. The average molecular weight is 342 g/mol. The second-order valence-corrected chi connectivity index (χ2v) is 5.74. The molecule has 0 atom stereocenters. The monoisotopic (exact) mass is 342 g/mol. The van der Waals surface area contributed by atoms with Crippen LogP contribution in [0.25, 0.3) is 0 Å². The highest BCUT2D eigenvalue weighted by molar-refractivity contribution is 5.95. The van der Waals surface area contributed by atoms with Gasteiger partial charge in [0.1, 0.15) is 0 Å². The molecule has 7 heteroatoms. The van der Waals surface area contributed by atoms with E-state index in [4.69, 9.17) is 0 Å². The number of hydrogen-bond acceptors (Lipinski definition) is 4. The molecule has 0 unspecified atom stereocenters. The number of nitrogens with one attached hydrogen (secondary N) is 3. The maximum absolute atomic E-state index is 12.1. The van der Waals surface area contributed by atoms with E-state index in [0.717, 1.165) is 17.7 Å². The van der Waals surface area contributed by atoms with Crippen LogP contribution in [0.4, 0.5) is 5.69 Å². The fourth-order valence-corrected chi connectivity index (χ4v) is 2.56. The van der Waals surface area contributed by atoms with Gasteiger partial charge in [-0.15, -0.1) is 0 Å². The molecule has 25 heavy (non-hydrogen) atoms. The van der Waals surface area contributed by atoms with Crippen LogP contribution in [0, 0.1) is 13.8 Å². The molecule has 7 nitrogen and oxygen atoms in total. The Bertz CT molecular complexity index is 816. The third-order valence-electron chi connectivity index (χ3n) is 3.91. The summed E-state index contributed by atoms with van der Waals surface area (Å²) in [6.45, 7) is 5.29. The second kappa shape index (κ2) is 8.23. The van der Waals surface area contributed by atoms with Gasteiger partial charge in [0, 0.05) is 22.6 Å². The Labute approximate surface area is 145 Å². The number of rotatable bonds is 6.